The maximum Gasteiger partial charge on any atom is 0.240 e. The number of alkyl halides is 1. The molecule has 0 aliphatic heterocycles. The first kappa shape index (κ1) is 16.6. The van der Waals surface area contributed by atoms with Crippen LogP contribution in [-0.4, -0.2) is 19.8 Å². The van der Waals surface area contributed by atoms with E-state index >= 15 is 0 Å². The van der Waals surface area contributed by atoms with Crippen LogP contribution in [0.4, 0.5) is 0 Å². The zero-order valence-corrected chi connectivity index (χ0v) is 14.7. The van der Waals surface area contributed by atoms with Crippen molar-refractivity contribution in [3.63, 3.8) is 0 Å². The first-order chi connectivity index (χ1) is 9.37. The molecule has 1 aliphatic carbocycles. The van der Waals surface area contributed by atoms with Crippen LogP contribution in [0.5, 0.6) is 0 Å². The Hall–Kier alpha value is 0.190. The second-order valence-electron chi connectivity index (χ2n) is 5.09. The third-order valence-corrected chi connectivity index (χ3v) is 6.10. The summed E-state index contributed by atoms with van der Waals surface area (Å²) in [6.45, 7) is 0.453. The first-order valence-corrected chi connectivity index (χ1v) is 9.62. The lowest BCUT2D eigenvalue weighted by molar-refractivity contribution is 0.368. The van der Waals surface area contributed by atoms with Gasteiger partial charge in [0.15, 0.2) is 0 Å². The standard InChI is InChI=1S/C13H16BrCl2NO2S/c14-10-3-1-2-9(4-10)8-17-20(18,19)13-6-11(15)5-12(16)7-13/h5-7,9-10,17H,1-4,8H2. The van der Waals surface area contributed by atoms with Gasteiger partial charge < -0.3 is 0 Å². The third-order valence-electron chi connectivity index (χ3n) is 3.43. The van der Waals surface area contributed by atoms with Crippen LogP contribution < -0.4 is 4.72 Å². The van der Waals surface area contributed by atoms with Crippen LogP contribution in [-0.2, 0) is 10.0 Å². The Morgan fingerprint density at radius 2 is 1.85 bits per heavy atom. The lowest BCUT2D eigenvalue weighted by Crippen LogP contribution is -2.32. The van der Waals surface area contributed by atoms with E-state index in [4.69, 9.17) is 23.2 Å². The minimum atomic E-state index is -3.56. The Labute approximate surface area is 138 Å². The highest BCUT2D eigenvalue weighted by Crippen LogP contribution is 2.29. The molecule has 112 valence electrons. The van der Waals surface area contributed by atoms with E-state index in [1.54, 1.807) is 0 Å². The van der Waals surface area contributed by atoms with E-state index in [9.17, 15) is 8.42 Å². The predicted octanol–water partition coefficient (Wildman–Crippen LogP) is 4.23. The average molecular weight is 401 g/mol. The highest BCUT2D eigenvalue weighted by atomic mass is 79.9. The van der Waals surface area contributed by atoms with Crippen molar-refractivity contribution in [2.75, 3.05) is 6.54 Å². The molecule has 1 fully saturated rings. The molecule has 0 heterocycles. The van der Waals surface area contributed by atoms with Crippen molar-refractivity contribution in [1.82, 2.24) is 4.72 Å². The lowest BCUT2D eigenvalue weighted by Gasteiger charge is -2.25. The fourth-order valence-electron chi connectivity index (χ4n) is 2.41. The summed E-state index contributed by atoms with van der Waals surface area (Å²) < 4.78 is 27.1. The van der Waals surface area contributed by atoms with Crippen LogP contribution >= 0.6 is 39.1 Å². The molecule has 0 radical (unpaired) electrons. The van der Waals surface area contributed by atoms with E-state index in [-0.39, 0.29) is 4.90 Å². The summed E-state index contributed by atoms with van der Waals surface area (Å²) in [7, 11) is -3.56. The third kappa shape index (κ3) is 4.60. The fourth-order valence-corrected chi connectivity index (χ4v) is 5.10. The number of sulfonamides is 1. The molecule has 2 rings (SSSR count). The lowest BCUT2D eigenvalue weighted by atomic mass is 9.89. The van der Waals surface area contributed by atoms with Crippen molar-refractivity contribution in [2.45, 2.75) is 35.4 Å². The van der Waals surface area contributed by atoms with Gasteiger partial charge in [-0.2, -0.15) is 0 Å². The van der Waals surface area contributed by atoms with Gasteiger partial charge >= 0.3 is 0 Å². The molecule has 0 bridgehead atoms. The van der Waals surface area contributed by atoms with E-state index in [2.05, 4.69) is 20.7 Å². The van der Waals surface area contributed by atoms with E-state index in [1.807, 2.05) is 0 Å². The Kier molecular flexibility index (Phi) is 5.77. The molecule has 2 unspecified atom stereocenters. The van der Waals surface area contributed by atoms with Crippen LogP contribution in [0.1, 0.15) is 25.7 Å². The zero-order valence-electron chi connectivity index (χ0n) is 10.8. The summed E-state index contributed by atoms with van der Waals surface area (Å²) in [6.07, 6.45) is 4.35. The normalized spacial score (nSPS) is 23.8. The van der Waals surface area contributed by atoms with Crippen LogP contribution in [0, 0.1) is 5.92 Å². The number of rotatable bonds is 4. The smallest absolute Gasteiger partial charge is 0.211 e. The Bertz CT molecular complexity index is 559. The quantitative estimate of drug-likeness (QED) is 0.768. The van der Waals surface area contributed by atoms with Gasteiger partial charge in [-0.15, -0.1) is 0 Å². The topological polar surface area (TPSA) is 46.2 Å². The van der Waals surface area contributed by atoms with Gasteiger partial charge in [0.05, 0.1) is 4.90 Å². The molecule has 0 aromatic heterocycles. The average Bonchev–Trinajstić information content (AvgIpc) is 2.35. The number of hydrogen-bond donors (Lipinski definition) is 1. The van der Waals surface area contributed by atoms with E-state index in [0.29, 0.717) is 27.3 Å². The summed E-state index contributed by atoms with van der Waals surface area (Å²) in [5, 5.41) is 0.632. The molecule has 1 aromatic carbocycles. The summed E-state index contributed by atoms with van der Waals surface area (Å²) in [6, 6.07) is 4.33. The summed E-state index contributed by atoms with van der Waals surface area (Å²) in [4.78, 5) is 0.604. The molecule has 7 heteroatoms. The fraction of sp³-hybridized carbons (Fsp3) is 0.538. The maximum absolute atomic E-state index is 12.2. The van der Waals surface area contributed by atoms with Gasteiger partial charge in [-0.05, 0) is 43.4 Å². The monoisotopic (exact) mass is 399 g/mol. The minimum absolute atomic E-state index is 0.112. The largest absolute Gasteiger partial charge is 0.240 e. The molecule has 1 aliphatic rings. The van der Waals surface area contributed by atoms with Gasteiger partial charge in [-0.1, -0.05) is 45.6 Å². The van der Waals surface area contributed by atoms with Gasteiger partial charge in [0.25, 0.3) is 0 Å². The van der Waals surface area contributed by atoms with Gasteiger partial charge in [0, 0.05) is 21.4 Å². The molecular weight excluding hydrogens is 385 g/mol. The second-order valence-corrected chi connectivity index (χ2v) is 9.02. The molecule has 20 heavy (non-hydrogen) atoms. The molecule has 3 nitrogen and oxygen atoms in total. The minimum Gasteiger partial charge on any atom is -0.211 e. The van der Waals surface area contributed by atoms with E-state index in [1.165, 1.54) is 18.2 Å². The Balaban J connectivity index is 2.03. The summed E-state index contributed by atoms with van der Waals surface area (Å²) in [5.74, 6) is 0.373. The van der Waals surface area contributed by atoms with E-state index < -0.39 is 10.0 Å². The number of hydrogen-bond acceptors (Lipinski definition) is 2. The van der Waals surface area contributed by atoms with E-state index in [0.717, 1.165) is 25.7 Å². The van der Waals surface area contributed by atoms with Gasteiger partial charge in [0.1, 0.15) is 0 Å². The van der Waals surface area contributed by atoms with Gasteiger partial charge in [0.2, 0.25) is 10.0 Å². The summed E-state index contributed by atoms with van der Waals surface area (Å²) >= 11 is 15.3. The SMILES string of the molecule is O=S(=O)(NCC1CCCC(Br)C1)c1cc(Cl)cc(Cl)c1. The van der Waals surface area contributed by atoms with Crippen LogP contribution in [0.2, 0.25) is 10.0 Å². The zero-order chi connectivity index (χ0) is 14.8. The van der Waals surface area contributed by atoms with Crippen LogP contribution in [0.15, 0.2) is 23.1 Å². The number of nitrogens with one attached hydrogen (secondary N) is 1. The second kappa shape index (κ2) is 6.97. The molecule has 0 saturated heterocycles. The molecule has 1 aromatic rings. The van der Waals surface area contributed by atoms with Crippen LogP contribution in [0.3, 0.4) is 0 Å². The molecule has 0 amide bonds. The highest BCUT2D eigenvalue weighted by Gasteiger charge is 2.22. The first-order valence-electron chi connectivity index (χ1n) is 6.46. The molecule has 1 N–H and O–H groups in total. The molecular formula is C13H16BrCl2NO2S. The number of halogens is 3. The van der Waals surface area contributed by atoms with Gasteiger partial charge in [-0.25, -0.2) is 13.1 Å². The molecule has 1 saturated carbocycles. The van der Waals surface area contributed by atoms with Gasteiger partial charge in [-0.3, -0.25) is 0 Å². The van der Waals surface area contributed by atoms with Crippen molar-refractivity contribution in [3.05, 3.63) is 28.2 Å². The number of benzene rings is 1. The van der Waals surface area contributed by atoms with Crippen molar-refractivity contribution in [1.29, 1.82) is 0 Å². The van der Waals surface area contributed by atoms with Crippen molar-refractivity contribution >= 4 is 49.2 Å². The predicted molar refractivity (Wildman–Crippen MR) is 86.3 cm³/mol. The van der Waals surface area contributed by atoms with Crippen molar-refractivity contribution in [2.24, 2.45) is 5.92 Å². The molecule has 0 spiro atoms. The van der Waals surface area contributed by atoms with Crippen molar-refractivity contribution in [3.8, 4) is 0 Å². The highest BCUT2D eigenvalue weighted by molar-refractivity contribution is 9.09. The summed E-state index contributed by atoms with van der Waals surface area (Å²) in [5.41, 5.74) is 0. The van der Waals surface area contributed by atoms with Crippen molar-refractivity contribution < 1.29 is 8.42 Å². The van der Waals surface area contributed by atoms with Crippen LogP contribution in [0.25, 0.3) is 0 Å². The Morgan fingerprint density at radius 3 is 2.45 bits per heavy atom. The Morgan fingerprint density at radius 1 is 1.20 bits per heavy atom. The molecule has 2 atom stereocenters. The maximum atomic E-state index is 12.2.